The SMILES string of the molecule is CNCc1ccccc1S(=O)(=O)N1CC2CCC(C1)O2. The predicted octanol–water partition coefficient (Wildman–Crippen LogP) is 0.958. The van der Waals surface area contributed by atoms with E-state index < -0.39 is 10.0 Å². The summed E-state index contributed by atoms with van der Waals surface area (Å²) in [7, 11) is -1.61. The number of ether oxygens (including phenoxy) is 1. The van der Waals surface area contributed by atoms with E-state index in [1.165, 1.54) is 0 Å². The number of benzene rings is 1. The van der Waals surface area contributed by atoms with E-state index in [1.54, 1.807) is 16.4 Å². The lowest BCUT2D eigenvalue weighted by atomic mass is 10.2. The van der Waals surface area contributed by atoms with Gasteiger partial charge in [-0.3, -0.25) is 0 Å². The molecule has 5 nitrogen and oxygen atoms in total. The Hall–Kier alpha value is -0.950. The zero-order valence-corrected chi connectivity index (χ0v) is 12.4. The van der Waals surface area contributed by atoms with Gasteiger partial charge in [0.1, 0.15) is 0 Å². The molecule has 2 heterocycles. The summed E-state index contributed by atoms with van der Waals surface area (Å²) in [6.45, 7) is 1.51. The van der Waals surface area contributed by atoms with Crippen molar-refractivity contribution >= 4 is 10.0 Å². The van der Waals surface area contributed by atoms with Crippen LogP contribution in [-0.2, 0) is 21.3 Å². The zero-order chi connectivity index (χ0) is 14.2. The quantitative estimate of drug-likeness (QED) is 0.899. The minimum Gasteiger partial charge on any atom is -0.372 e. The van der Waals surface area contributed by atoms with Gasteiger partial charge in [-0.05, 0) is 31.5 Å². The third-order valence-electron chi connectivity index (χ3n) is 3.97. The second kappa shape index (κ2) is 5.44. The maximum atomic E-state index is 12.8. The van der Waals surface area contributed by atoms with E-state index in [2.05, 4.69) is 5.32 Å². The lowest BCUT2D eigenvalue weighted by Crippen LogP contribution is -2.45. The highest BCUT2D eigenvalue weighted by atomic mass is 32.2. The van der Waals surface area contributed by atoms with Crippen molar-refractivity contribution in [2.24, 2.45) is 0 Å². The van der Waals surface area contributed by atoms with E-state index in [-0.39, 0.29) is 12.2 Å². The molecule has 0 aliphatic carbocycles. The second-order valence-corrected chi connectivity index (χ2v) is 7.32. The molecule has 2 saturated heterocycles. The second-order valence-electron chi connectivity index (χ2n) is 5.42. The molecule has 0 amide bonds. The molecule has 2 atom stereocenters. The Bertz CT molecular complexity index is 576. The summed E-state index contributed by atoms with van der Waals surface area (Å²) in [5.41, 5.74) is 0.814. The Kier molecular flexibility index (Phi) is 3.81. The molecule has 2 aliphatic heterocycles. The van der Waals surface area contributed by atoms with Crippen molar-refractivity contribution < 1.29 is 13.2 Å². The van der Waals surface area contributed by atoms with Gasteiger partial charge in [0, 0.05) is 19.6 Å². The molecule has 2 fully saturated rings. The fraction of sp³-hybridized carbons (Fsp3) is 0.571. The van der Waals surface area contributed by atoms with Crippen LogP contribution in [0.1, 0.15) is 18.4 Å². The van der Waals surface area contributed by atoms with Gasteiger partial charge in [-0.1, -0.05) is 18.2 Å². The van der Waals surface area contributed by atoms with E-state index >= 15 is 0 Å². The Morgan fingerprint density at radius 1 is 1.25 bits per heavy atom. The zero-order valence-electron chi connectivity index (χ0n) is 11.6. The summed E-state index contributed by atoms with van der Waals surface area (Å²) < 4.78 is 33.0. The number of hydrogen-bond donors (Lipinski definition) is 1. The summed E-state index contributed by atoms with van der Waals surface area (Å²) in [4.78, 5) is 0.413. The van der Waals surface area contributed by atoms with E-state index in [0.29, 0.717) is 24.5 Å². The van der Waals surface area contributed by atoms with Crippen LogP contribution in [0.15, 0.2) is 29.2 Å². The fourth-order valence-electron chi connectivity index (χ4n) is 3.00. The summed E-state index contributed by atoms with van der Waals surface area (Å²) in [5, 5.41) is 3.02. The summed E-state index contributed by atoms with van der Waals surface area (Å²) in [5.74, 6) is 0. The maximum absolute atomic E-state index is 12.8. The maximum Gasteiger partial charge on any atom is 0.243 e. The van der Waals surface area contributed by atoms with Crippen LogP contribution >= 0.6 is 0 Å². The van der Waals surface area contributed by atoms with Gasteiger partial charge in [0.25, 0.3) is 0 Å². The number of rotatable bonds is 4. The van der Waals surface area contributed by atoms with Crippen LogP contribution in [0.3, 0.4) is 0 Å². The summed E-state index contributed by atoms with van der Waals surface area (Å²) in [6.07, 6.45) is 2.07. The Balaban J connectivity index is 1.92. The highest BCUT2D eigenvalue weighted by molar-refractivity contribution is 7.89. The molecule has 6 heteroatoms. The first-order chi connectivity index (χ1) is 9.61. The van der Waals surface area contributed by atoms with Crippen molar-refractivity contribution in [3.8, 4) is 0 Å². The Labute approximate surface area is 120 Å². The first-order valence-corrected chi connectivity index (χ1v) is 8.43. The predicted molar refractivity (Wildman–Crippen MR) is 75.9 cm³/mol. The first kappa shape index (κ1) is 14.0. The van der Waals surface area contributed by atoms with Gasteiger partial charge in [-0.25, -0.2) is 8.42 Å². The third kappa shape index (κ3) is 2.48. The first-order valence-electron chi connectivity index (χ1n) is 6.99. The fourth-order valence-corrected chi connectivity index (χ4v) is 4.73. The molecule has 0 radical (unpaired) electrons. The lowest BCUT2D eigenvalue weighted by Gasteiger charge is -2.31. The van der Waals surface area contributed by atoms with Gasteiger partial charge < -0.3 is 10.1 Å². The van der Waals surface area contributed by atoms with E-state index in [0.717, 1.165) is 18.4 Å². The van der Waals surface area contributed by atoms with Gasteiger partial charge >= 0.3 is 0 Å². The number of morpholine rings is 1. The number of nitrogens with zero attached hydrogens (tertiary/aromatic N) is 1. The standard InChI is InChI=1S/C14H20N2O3S/c1-15-8-11-4-2-3-5-14(11)20(17,18)16-9-12-6-7-13(10-16)19-12/h2-5,12-13,15H,6-10H2,1H3. The van der Waals surface area contributed by atoms with Crippen molar-refractivity contribution in [2.75, 3.05) is 20.1 Å². The highest BCUT2D eigenvalue weighted by Crippen LogP contribution is 2.30. The number of fused-ring (bicyclic) bond motifs is 2. The van der Waals surface area contributed by atoms with Crippen LogP contribution in [-0.4, -0.2) is 45.1 Å². The topological polar surface area (TPSA) is 58.6 Å². The van der Waals surface area contributed by atoms with Crippen molar-refractivity contribution in [3.05, 3.63) is 29.8 Å². The van der Waals surface area contributed by atoms with Crippen LogP contribution in [0.2, 0.25) is 0 Å². The van der Waals surface area contributed by atoms with E-state index in [9.17, 15) is 8.42 Å². The van der Waals surface area contributed by atoms with Crippen molar-refractivity contribution in [1.82, 2.24) is 9.62 Å². The van der Waals surface area contributed by atoms with Crippen molar-refractivity contribution in [2.45, 2.75) is 36.5 Å². The van der Waals surface area contributed by atoms with Crippen molar-refractivity contribution in [1.29, 1.82) is 0 Å². The smallest absolute Gasteiger partial charge is 0.243 e. The number of sulfonamides is 1. The molecular formula is C14H20N2O3S. The van der Waals surface area contributed by atoms with Gasteiger partial charge in [-0.15, -0.1) is 0 Å². The van der Waals surface area contributed by atoms with Crippen LogP contribution < -0.4 is 5.32 Å². The van der Waals surface area contributed by atoms with E-state index in [1.807, 2.05) is 19.2 Å². The van der Waals surface area contributed by atoms with E-state index in [4.69, 9.17) is 4.74 Å². The average molecular weight is 296 g/mol. The van der Waals surface area contributed by atoms with Gasteiger partial charge in [0.15, 0.2) is 0 Å². The molecule has 20 heavy (non-hydrogen) atoms. The molecular weight excluding hydrogens is 276 g/mol. The Morgan fingerprint density at radius 3 is 2.55 bits per heavy atom. The Morgan fingerprint density at radius 2 is 1.90 bits per heavy atom. The van der Waals surface area contributed by atoms with Crippen LogP contribution in [0.4, 0.5) is 0 Å². The normalized spacial score (nSPS) is 26.9. The highest BCUT2D eigenvalue weighted by Gasteiger charge is 2.39. The average Bonchev–Trinajstić information content (AvgIpc) is 2.78. The molecule has 0 aromatic heterocycles. The lowest BCUT2D eigenvalue weighted by molar-refractivity contribution is -0.0114. The molecule has 1 N–H and O–H groups in total. The number of nitrogens with one attached hydrogen (secondary N) is 1. The minimum absolute atomic E-state index is 0.0694. The van der Waals surface area contributed by atoms with Gasteiger partial charge in [0.05, 0.1) is 17.1 Å². The molecule has 0 spiro atoms. The minimum atomic E-state index is -3.43. The molecule has 0 saturated carbocycles. The van der Waals surface area contributed by atoms with Crippen LogP contribution in [0.25, 0.3) is 0 Å². The molecule has 1 aromatic rings. The van der Waals surface area contributed by atoms with Gasteiger partial charge in [0.2, 0.25) is 10.0 Å². The van der Waals surface area contributed by atoms with Gasteiger partial charge in [-0.2, -0.15) is 4.31 Å². The molecule has 2 unspecified atom stereocenters. The third-order valence-corrected chi connectivity index (χ3v) is 5.90. The molecule has 1 aromatic carbocycles. The monoisotopic (exact) mass is 296 g/mol. The number of hydrogen-bond acceptors (Lipinski definition) is 4. The van der Waals surface area contributed by atoms with Crippen molar-refractivity contribution in [3.63, 3.8) is 0 Å². The molecule has 2 aliphatic rings. The van der Waals surface area contributed by atoms with Crippen LogP contribution in [0, 0.1) is 0 Å². The molecule has 2 bridgehead atoms. The largest absolute Gasteiger partial charge is 0.372 e. The summed E-state index contributed by atoms with van der Waals surface area (Å²) >= 11 is 0. The summed E-state index contributed by atoms with van der Waals surface area (Å²) in [6, 6.07) is 7.20. The van der Waals surface area contributed by atoms with Crippen LogP contribution in [0.5, 0.6) is 0 Å². The molecule has 110 valence electrons. The molecule has 3 rings (SSSR count).